The molecule has 0 saturated heterocycles. The molecule has 0 aromatic heterocycles. The maximum absolute atomic E-state index is 7.10. The van der Waals surface area contributed by atoms with Crippen LogP contribution in [0.3, 0.4) is 0 Å². The Labute approximate surface area is 219 Å². The van der Waals surface area contributed by atoms with Gasteiger partial charge >= 0.3 is 0 Å². The Hall–Kier alpha value is -2.55. The van der Waals surface area contributed by atoms with Crippen molar-refractivity contribution < 1.29 is 8.95 Å². The lowest BCUT2D eigenvalue weighted by atomic mass is 10.2. The molecule has 0 radical (unpaired) electrons. The Bertz CT molecular complexity index is 1100. The quantitative estimate of drug-likeness (QED) is 0.181. The van der Waals surface area contributed by atoms with Crippen LogP contribution in [0.4, 0.5) is 0 Å². The first-order chi connectivity index (χ1) is 17.4. The van der Waals surface area contributed by atoms with Crippen LogP contribution in [0.15, 0.2) is 121 Å². The van der Waals surface area contributed by atoms with Crippen molar-refractivity contribution in [2.75, 3.05) is 6.61 Å². The van der Waals surface area contributed by atoms with E-state index in [2.05, 4.69) is 149 Å². The topological polar surface area (TPSA) is 18.5 Å². The lowest BCUT2D eigenvalue weighted by Gasteiger charge is -2.43. The van der Waals surface area contributed by atoms with Gasteiger partial charge in [0.1, 0.15) is 0 Å². The molecule has 4 aromatic carbocycles. The Balaban J connectivity index is 1.55. The standard InChI is InChI=1S/C32H37O2PSi/c1-27(34-35(28-17-9-5-10-18-28)29-19-11-6-12-20-29)25-26-33-36(32(2,3)4,30-21-13-7-14-22-30)31-23-15-8-16-24-31/h5-24,27H,25-26H2,1-4H3. The van der Waals surface area contributed by atoms with Crippen molar-refractivity contribution >= 4 is 37.4 Å². The summed E-state index contributed by atoms with van der Waals surface area (Å²) in [5, 5.41) is 5.07. The van der Waals surface area contributed by atoms with E-state index in [0.717, 1.165) is 6.42 Å². The number of hydrogen-bond donors (Lipinski definition) is 0. The van der Waals surface area contributed by atoms with Crippen molar-refractivity contribution in [3.05, 3.63) is 121 Å². The van der Waals surface area contributed by atoms with Gasteiger partial charge in [-0.2, -0.15) is 0 Å². The predicted molar refractivity (Wildman–Crippen MR) is 158 cm³/mol. The van der Waals surface area contributed by atoms with Gasteiger partial charge in [0.25, 0.3) is 8.32 Å². The van der Waals surface area contributed by atoms with Gasteiger partial charge in [-0.3, -0.25) is 0 Å². The van der Waals surface area contributed by atoms with E-state index in [-0.39, 0.29) is 11.1 Å². The van der Waals surface area contributed by atoms with Crippen LogP contribution in [0.1, 0.15) is 34.1 Å². The summed E-state index contributed by atoms with van der Waals surface area (Å²) in [7, 11) is -3.42. The first kappa shape index (κ1) is 26.5. The van der Waals surface area contributed by atoms with Gasteiger partial charge in [0.2, 0.25) is 0 Å². The molecule has 186 valence electrons. The molecular formula is C32H37O2PSi. The third-order valence-electron chi connectivity index (χ3n) is 6.53. The van der Waals surface area contributed by atoms with Gasteiger partial charge in [-0.15, -0.1) is 0 Å². The molecular weight excluding hydrogens is 475 g/mol. The van der Waals surface area contributed by atoms with E-state index in [1.54, 1.807) is 0 Å². The third kappa shape index (κ3) is 6.04. The normalized spacial score (nSPS) is 13.0. The second-order valence-corrected chi connectivity index (χ2v) is 16.3. The minimum atomic E-state index is -2.53. The molecule has 1 atom stereocenters. The van der Waals surface area contributed by atoms with Crippen LogP contribution in [-0.4, -0.2) is 21.0 Å². The molecule has 0 aliphatic carbocycles. The Morgan fingerprint density at radius 3 is 1.42 bits per heavy atom. The summed E-state index contributed by atoms with van der Waals surface area (Å²) in [4.78, 5) is 0. The molecule has 36 heavy (non-hydrogen) atoms. The molecule has 0 saturated carbocycles. The summed E-state index contributed by atoms with van der Waals surface area (Å²) in [6, 6.07) is 42.8. The van der Waals surface area contributed by atoms with Gasteiger partial charge in [0, 0.05) is 17.2 Å². The molecule has 1 unspecified atom stereocenters. The SMILES string of the molecule is CC(CCO[Si](c1ccccc1)(c1ccccc1)C(C)(C)C)OP(c1ccccc1)c1ccccc1. The first-order valence-electron chi connectivity index (χ1n) is 12.7. The second-order valence-electron chi connectivity index (χ2n) is 10.2. The van der Waals surface area contributed by atoms with Crippen molar-refractivity contribution in [1.29, 1.82) is 0 Å². The van der Waals surface area contributed by atoms with Crippen molar-refractivity contribution in [2.24, 2.45) is 0 Å². The van der Waals surface area contributed by atoms with Gasteiger partial charge in [-0.05, 0) is 28.8 Å². The van der Waals surface area contributed by atoms with Gasteiger partial charge < -0.3 is 8.95 Å². The van der Waals surface area contributed by atoms with Crippen LogP contribution < -0.4 is 21.0 Å². The minimum Gasteiger partial charge on any atom is -0.407 e. The summed E-state index contributed by atoms with van der Waals surface area (Å²) < 4.78 is 13.8. The van der Waals surface area contributed by atoms with Crippen LogP contribution in [0.5, 0.6) is 0 Å². The molecule has 2 nitrogen and oxygen atoms in total. The Kier molecular flexibility index (Phi) is 8.93. The minimum absolute atomic E-state index is 0.0273. The molecule has 4 aromatic rings. The van der Waals surface area contributed by atoms with E-state index in [1.165, 1.54) is 21.0 Å². The van der Waals surface area contributed by atoms with E-state index in [1.807, 2.05) is 0 Å². The fourth-order valence-electron chi connectivity index (χ4n) is 4.77. The molecule has 0 aliphatic heterocycles. The number of rotatable bonds is 10. The predicted octanol–water partition coefficient (Wildman–Crippen LogP) is 6.41. The van der Waals surface area contributed by atoms with E-state index in [0.29, 0.717) is 6.61 Å². The molecule has 0 amide bonds. The maximum Gasteiger partial charge on any atom is 0.261 e. The van der Waals surface area contributed by atoms with E-state index >= 15 is 0 Å². The molecule has 0 aliphatic rings. The van der Waals surface area contributed by atoms with Crippen LogP contribution in [0.2, 0.25) is 5.04 Å². The van der Waals surface area contributed by atoms with Crippen LogP contribution >= 0.6 is 8.15 Å². The molecule has 0 bridgehead atoms. The van der Waals surface area contributed by atoms with Crippen molar-refractivity contribution in [3.8, 4) is 0 Å². The fourth-order valence-corrected chi connectivity index (χ4v) is 11.2. The van der Waals surface area contributed by atoms with Crippen molar-refractivity contribution in [2.45, 2.75) is 45.3 Å². The largest absolute Gasteiger partial charge is 0.407 e. The fraction of sp³-hybridized carbons (Fsp3) is 0.250. The van der Waals surface area contributed by atoms with Crippen LogP contribution in [0.25, 0.3) is 0 Å². The second kappa shape index (κ2) is 12.1. The highest BCUT2D eigenvalue weighted by atomic mass is 31.1. The maximum atomic E-state index is 7.10. The summed E-state index contributed by atoms with van der Waals surface area (Å²) in [5.41, 5.74) is 0. The first-order valence-corrected chi connectivity index (χ1v) is 15.9. The lowest BCUT2D eigenvalue weighted by Crippen LogP contribution is -2.66. The van der Waals surface area contributed by atoms with Crippen molar-refractivity contribution in [3.63, 3.8) is 0 Å². The van der Waals surface area contributed by atoms with Crippen LogP contribution in [-0.2, 0) is 8.95 Å². The van der Waals surface area contributed by atoms with E-state index < -0.39 is 16.5 Å². The molecule has 0 heterocycles. The summed E-state index contributed by atoms with van der Waals surface area (Å²) in [6.45, 7) is 9.80. The highest BCUT2D eigenvalue weighted by Crippen LogP contribution is 2.39. The molecule has 4 heteroatoms. The van der Waals surface area contributed by atoms with Gasteiger partial charge in [-0.1, -0.05) is 142 Å². The molecule has 0 fully saturated rings. The Morgan fingerprint density at radius 1 is 0.639 bits per heavy atom. The van der Waals surface area contributed by atoms with Gasteiger partial charge in [0.05, 0.1) is 14.3 Å². The number of benzene rings is 4. The Morgan fingerprint density at radius 2 is 1.03 bits per heavy atom. The summed E-state index contributed by atoms with van der Waals surface area (Å²) >= 11 is 0. The van der Waals surface area contributed by atoms with Gasteiger partial charge in [0.15, 0.2) is 0 Å². The zero-order valence-electron chi connectivity index (χ0n) is 21.8. The highest BCUT2D eigenvalue weighted by Gasteiger charge is 2.50. The zero-order chi connectivity index (χ0) is 25.4. The number of hydrogen-bond acceptors (Lipinski definition) is 2. The smallest absolute Gasteiger partial charge is 0.261 e. The monoisotopic (exact) mass is 512 g/mol. The molecule has 0 N–H and O–H groups in total. The molecule has 0 spiro atoms. The van der Waals surface area contributed by atoms with Crippen LogP contribution in [0, 0.1) is 0 Å². The molecule has 4 rings (SSSR count). The highest BCUT2D eigenvalue weighted by molar-refractivity contribution is 7.68. The average molecular weight is 513 g/mol. The average Bonchev–Trinajstić information content (AvgIpc) is 2.91. The summed E-state index contributed by atoms with van der Waals surface area (Å²) in [5.74, 6) is 0. The van der Waals surface area contributed by atoms with Crippen molar-refractivity contribution in [1.82, 2.24) is 0 Å². The van der Waals surface area contributed by atoms with E-state index in [4.69, 9.17) is 8.95 Å². The van der Waals surface area contributed by atoms with E-state index in [9.17, 15) is 0 Å². The summed E-state index contributed by atoms with van der Waals surface area (Å²) in [6.07, 6.45) is 0.901. The zero-order valence-corrected chi connectivity index (χ0v) is 23.7. The van der Waals surface area contributed by atoms with Gasteiger partial charge in [-0.25, -0.2) is 0 Å². The lowest BCUT2D eigenvalue weighted by molar-refractivity contribution is 0.191. The third-order valence-corrected chi connectivity index (χ3v) is 13.7.